The van der Waals surface area contributed by atoms with Crippen molar-refractivity contribution in [3.05, 3.63) is 35.9 Å². The lowest BCUT2D eigenvalue weighted by molar-refractivity contribution is -0.160. The van der Waals surface area contributed by atoms with Crippen LogP contribution < -0.4 is 5.32 Å². The molecule has 1 amide bonds. The highest BCUT2D eigenvalue weighted by Gasteiger charge is 2.44. The van der Waals surface area contributed by atoms with Crippen LogP contribution in [0.4, 0.5) is 8.78 Å². The number of nitrogens with zero attached hydrogens (tertiary/aromatic N) is 1. The van der Waals surface area contributed by atoms with Gasteiger partial charge in [0.1, 0.15) is 0 Å². The molecule has 1 aliphatic rings. The van der Waals surface area contributed by atoms with Crippen molar-refractivity contribution >= 4 is 18.3 Å². The van der Waals surface area contributed by atoms with Crippen LogP contribution in [0.1, 0.15) is 25.3 Å². The van der Waals surface area contributed by atoms with E-state index in [0.717, 1.165) is 25.9 Å². The minimum Gasteiger partial charge on any atom is -0.337 e. The van der Waals surface area contributed by atoms with Crippen LogP contribution in [0.25, 0.3) is 0 Å². The Bertz CT molecular complexity index is 462. The van der Waals surface area contributed by atoms with Gasteiger partial charge < -0.3 is 10.2 Å². The highest BCUT2D eigenvalue weighted by Crippen LogP contribution is 2.31. The van der Waals surface area contributed by atoms with Gasteiger partial charge in [-0.25, -0.2) is 0 Å². The first kappa shape index (κ1) is 18.8. The summed E-state index contributed by atoms with van der Waals surface area (Å²) in [6, 6.07) is 7.32. The van der Waals surface area contributed by atoms with E-state index < -0.39 is 11.8 Å². The second-order valence-electron chi connectivity index (χ2n) is 5.48. The summed E-state index contributed by atoms with van der Waals surface area (Å²) in [7, 11) is 0. The Labute approximate surface area is 136 Å². The number of alkyl halides is 2. The van der Waals surface area contributed by atoms with Gasteiger partial charge in [0.05, 0.1) is 0 Å². The van der Waals surface area contributed by atoms with E-state index in [1.54, 1.807) is 6.07 Å². The minimum absolute atomic E-state index is 0. The number of likely N-dealkylation sites (tertiary alicyclic amines) is 1. The first-order chi connectivity index (χ1) is 10.1. The summed E-state index contributed by atoms with van der Waals surface area (Å²) in [4.78, 5) is 13.4. The number of hydrogen-bond donors (Lipinski definition) is 1. The normalized spacial score (nSPS) is 16.2. The number of nitrogens with one attached hydrogen (secondary N) is 1. The molecule has 0 atom stereocenters. The van der Waals surface area contributed by atoms with Crippen molar-refractivity contribution in [3.8, 4) is 0 Å². The number of carbonyl (C=O) groups is 1. The molecule has 6 heteroatoms. The number of benzene rings is 1. The Hall–Kier alpha value is -1.20. The van der Waals surface area contributed by atoms with Gasteiger partial charge in [-0.15, -0.1) is 12.4 Å². The van der Waals surface area contributed by atoms with Crippen molar-refractivity contribution in [2.45, 2.75) is 25.7 Å². The van der Waals surface area contributed by atoms with Crippen LogP contribution in [-0.4, -0.2) is 37.0 Å². The van der Waals surface area contributed by atoms with Gasteiger partial charge in [0.2, 0.25) is 0 Å². The molecule has 0 radical (unpaired) electrons. The Morgan fingerprint density at radius 3 is 2.41 bits per heavy atom. The average Bonchev–Trinajstić information content (AvgIpc) is 2.53. The molecule has 1 aliphatic heterocycles. The topological polar surface area (TPSA) is 32.3 Å². The molecule has 124 valence electrons. The van der Waals surface area contributed by atoms with E-state index in [-0.39, 0.29) is 18.0 Å². The van der Waals surface area contributed by atoms with Gasteiger partial charge in [0.15, 0.2) is 0 Å². The Morgan fingerprint density at radius 1 is 1.27 bits per heavy atom. The molecular weight excluding hydrogens is 310 g/mol. The molecular formula is C16H23ClF2N2O. The number of amides is 1. The monoisotopic (exact) mass is 332 g/mol. The van der Waals surface area contributed by atoms with E-state index in [2.05, 4.69) is 5.32 Å². The van der Waals surface area contributed by atoms with E-state index in [1.165, 1.54) is 29.2 Å². The summed E-state index contributed by atoms with van der Waals surface area (Å²) < 4.78 is 28.5. The lowest BCUT2D eigenvalue weighted by Gasteiger charge is -2.34. The summed E-state index contributed by atoms with van der Waals surface area (Å²) in [6.07, 6.45) is 1.56. The first-order valence-corrected chi connectivity index (χ1v) is 7.49. The maximum atomic E-state index is 14.2. The lowest BCUT2D eigenvalue weighted by Crippen LogP contribution is -2.46. The summed E-state index contributed by atoms with van der Waals surface area (Å²) in [6.45, 7) is 4.67. The predicted octanol–water partition coefficient (Wildman–Crippen LogP) is 3.05. The summed E-state index contributed by atoms with van der Waals surface area (Å²) in [5.74, 6) is -4.04. The van der Waals surface area contributed by atoms with Crippen LogP contribution in [0.15, 0.2) is 30.3 Å². The summed E-state index contributed by atoms with van der Waals surface area (Å²) in [5, 5.41) is 3.27. The Balaban J connectivity index is 0.00000242. The molecule has 0 saturated carbocycles. The van der Waals surface area contributed by atoms with Crippen LogP contribution in [0.2, 0.25) is 0 Å². The fourth-order valence-electron chi connectivity index (χ4n) is 2.66. The van der Waals surface area contributed by atoms with Crippen molar-refractivity contribution in [1.82, 2.24) is 10.2 Å². The zero-order valence-electron chi connectivity index (χ0n) is 12.7. The molecule has 1 N–H and O–H groups in total. The van der Waals surface area contributed by atoms with Crippen LogP contribution in [-0.2, 0) is 10.7 Å². The zero-order valence-corrected chi connectivity index (χ0v) is 13.5. The van der Waals surface area contributed by atoms with Gasteiger partial charge in [-0.2, -0.15) is 8.78 Å². The van der Waals surface area contributed by atoms with Gasteiger partial charge in [-0.3, -0.25) is 4.79 Å². The molecule has 1 heterocycles. The maximum Gasteiger partial charge on any atom is 0.349 e. The third kappa shape index (κ3) is 4.40. The molecule has 1 aromatic carbocycles. The molecule has 0 bridgehead atoms. The van der Waals surface area contributed by atoms with Gasteiger partial charge in [0, 0.05) is 18.7 Å². The van der Waals surface area contributed by atoms with Crippen LogP contribution >= 0.6 is 12.4 Å². The van der Waals surface area contributed by atoms with Crippen molar-refractivity contribution in [1.29, 1.82) is 0 Å². The molecule has 3 nitrogen and oxygen atoms in total. The molecule has 0 unspecified atom stereocenters. The van der Waals surface area contributed by atoms with E-state index in [4.69, 9.17) is 0 Å². The Kier molecular flexibility index (Phi) is 7.23. The SMILES string of the molecule is CCNCC1CCN(C(=O)C(F)(F)c2ccccc2)CC1.Cl. The van der Waals surface area contributed by atoms with E-state index in [9.17, 15) is 13.6 Å². The smallest absolute Gasteiger partial charge is 0.337 e. The van der Waals surface area contributed by atoms with Crippen molar-refractivity contribution in [2.75, 3.05) is 26.2 Å². The number of piperidine rings is 1. The number of hydrogen-bond acceptors (Lipinski definition) is 2. The first-order valence-electron chi connectivity index (χ1n) is 7.49. The van der Waals surface area contributed by atoms with Gasteiger partial charge in [-0.05, 0) is 31.8 Å². The fourth-order valence-corrected chi connectivity index (χ4v) is 2.66. The van der Waals surface area contributed by atoms with Crippen molar-refractivity contribution in [3.63, 3.8) is 0 Å². The zero-order chi connectivity index (χ0) is 15.3. The molecule has 1 fully saturated rings. The highest BCUT2D eigenvalue weighted by atomic mass is 35.5. The molecule has 22 heavy (non-hydrogen) atoms. The van der Waals surface area contributed by atoms with Gasteiger partial charge in [-0.1, -0.05) is 37.3 Å². The predicted molar refractivity (Wildman–Crippen MR) is 85.4 cm³/mol. The molecule has 2 rings (SSSR count). The van der Waals surface area contributed by atoms with Crippen LogP contribution in [0, 0.1) is 5.92 Å². The molecule has 1 saturated heterocycles. The van der Waals surface area contributed by atoms with E-state index >= 15 is 0 Å². The minimum atomic E-state index is -3.43. The second-order valence-corrected chi connectivity index (χ2v) is 5.48. The van der Waals surface area contributed by atoms with E-state index in [0.29, 0.717) is 19.0 Å². The molecule has 0 aromatic heterocycles. The Morgan fingerprint density at radius 2 is 1.86 bits per heavy atom. The standard InChI is InChI=1S/C16H22F2N2O.ClH/c1-2-19-12-13-8-10-20(11-9-13)15(21)16(17,18)14-6-4-3-5-7-14;/h3-7,13,19H,2,8-12H2,1H3;1H. The number of carbonyl (C=O) groups excluding carboxylic acids is 1. The lowest BCUT2D eigenvalue weighted by atomic mass is 9.96. The van der Waals surface area contributed by atoms with Crippen molar-refractivity contribution in [2.24, 2.45) is 5.92 Å². The van der Waals surface area contributed by atoms with Gasteiger partial charge >= 0.3 is 5.92 Å². The number of halogens is 3. The van der Waals surface area contributed by atoms with E-state index in [1.807, 2.05) is 6.92 Å². The van der Waals surface area contributed by atoms with Crippen LogP contribution in [0.3, 0.4) is 0 Å². The largest absolute Gasteiger partial charge is 0.349 e. The second kappa shape index (κ2) is 8.44. The fraction of sp³-hybridized carbons (Fsp3) is 0.562. The molecule has 0 spiro atoms. The average molecular weight is 333 g/mol. The third-order valence-corrected chi connectivity index (χ3v) is 3.99. The molecule has 1 aromatic rings. The van der Waals surface area contributed by atoms with Crippen LogP contribution in [0.5, 0.6) is 0 Å². The molecule has 0 aliphatic carbocycles. The highest BCUT2D eigenvalue weighted by molar-refractivity contribution is 5.85. The summed E-state index contributed by atoms with van der Waals surface area (Å²) in [5.41, 5.74) is -0.232. The third-order valence-electron chi connectivity index (χ3n) is 3.99. The van der Waals surface area contributed by atoms with Crippen molar-refractivity contribution < 1.29 is 13.6 Å². The summed E-state index contributed by atoms with van der Waals surface area (Å²) >= 11 is 0. The number of rotatable bonds is 5. The quantitative estimate of drug-likeness (QED) is 0.899. The van der Waals surface area contributed by atoms with Gasteiger partial charge in [0.25, 0.3) is 5.91 Å². The maximum absolute atomic E-state index is 14.2.